The first-order valence-corrected chi connectivity index (χ1v) is 6.29. The zero-order chi connectivity index (χ0) is 15.7. The maximum absolute atomic E-state index is 13.8. The van der Waals surface area contributed by atoms with Gasteiger partial charge in [0, 0.05) is 23.3 Å². The molecule has 116 valence electrons. The Bertz CT molecular complexity index is 922. The Morgan fingerprint density at radius 3 is 2.48 bits per heavy atom. The van der Waals surface area contributed by atoms with Gasteiger partial charge in [0.15, 0.2) is 11.6 Å². The van der Waals surface area contributed by atoms with Crippen LogP contribution in [0.2, 0.25) is 0 Å². The summed E-state index contributed by atoms with van der Waals surface area (Å²) < 4.78 is 40.0. The lowest BCUT2D eigenvalue weighted by atomic mass is 10.1. The van der Waals surface area contributed by atoms with Crippen LogP contribution in [0.5, 0.6) is 0 Å². The van der Waals surface area contributed by atoms with Crippen LogP contribution in [0.4, 0.5) is 24.5 Å². The Hall–Kier alpha value is -2.78. The number of benzene rings is 2. The summed E-state index contributed by atoms with van der Waals surface area (Å²) in [5.74, 6) is -2.53. The second-order valence-electron chi connectivity index (χ2n) is 4.55. The Kier molecular flexibility index (Phi) is 4.72. The average Bonchev–Trinajstić information content (AvgIpc) is 2.52. The quantitative estimate of drug-likeness (QED) is 0.739. The predicted molar refractivity (Wildman–Crippen MR) is 83.3 cm³/mol. The molecule has 0 aliphatic rings. The van der Waals surface area contributed by atoms with E-state index in [1.807, 2.05) is 6.07 Å². The number of fused-ring (bicyclic) bond motifs is 1. The van der Waals surface area contributed by atoms with Crippen LogP contribution >= 0.6 is 12.4 Å². The third-order valence-electron chi connectivity index (χ3n) is 3.16. The van der Waals surface area contributed by atoms with Gasteiger partial charge in [0.05, 0.1) is 11.3 Å². The van der Waals surface area contributed by atoms with E-state index in [-0.39, 0.29) is 34.9 Å². The van der Waals surface area contributed by atoms with Gasteiger partial charge in [0.1, 0.15) is 17.4 Å². The molecule has 0 bridgehead atoms. The molecular formula is C16H9ClF3N3. The van der Waals surface area contributed by atoms with Gasteiger partial charge in [0.25, 0.3) is 0 Å². The van der Waals surface area contributed by atoms with E-state index in [0.29, 0.717) is 5.39 Å². The molecule has 0 saturated heterocycles. The van der Waals surface area contributed by atoms with Crippen molar-refractivity contribution in [2.75, 3.05) is 5.32 Å². The minimum absolute atomic E-state index is 0. The van der Waals surface area contributed by atoms with Crippen molar-refractivity contribution in [3.8, 4) is 6.07 Å². The molecule has 0 radical (unpaired) electrons. The molecule has 0 unspecified atom stereocenters. The number of nitrogens with one attached hydrogen (secondary N) is 1. The average molecular weight is 336 g/mol. The number of rotatable bonds is 2. The van der Waals surface area contributed by atoms with Crippen LogP contribution < -0.4 is 5.32 Å². The molecule has 1 N–H and O–H groups in total. The SMILES string of the molecule is Cl.N#Cc1cnc2c(F)cccc2c1Nc1ccc(F)c(F)c1. The number of hydrogen-bond donors (Lipinski definition) is 1. The lowest BCUT2D eigenvalue weighted by Crippen LogP contribution is -1.98. The van der Waals surface area contributed by atoms with E-state index in [4.69, 9.17) is 5.26 Å². The Morgan fingerprint density at radius 1 is 1.00 bits per heavy atom. The number of para-hydroxylation sites is 1. The van der Waals surface area contributed by atoms with Gasteiger partial charge >= 0.3 is 0 Å². The minimum Gasteiger partial charge on any atom is -0.354 e. The number of anilines is 2. The van der Waals surface area contributed by atoms with E-state index < -0.39 is 17.5 Å². The van der Waals surface area contributed by atoms with Crippen LogP contribution in [0, 0.1) is 28.8 Å². The Balaban J connectivity index is 0.00000192. The molecule has 0 atom stereocenters. The highest BCUT2D eigenvalue weighted by atomic mass is 35.5. The zero-order valence-corrected chi connectivity index (χ0v) is 12.3. The molecule has 23 heavy (non-hydrogen) atoms. The van der Waals surface area contributed by atoms with Crippen molar-refractivity contribution in [1.29, 1.82) is 5.26 Å². The summed E-state index contributed by atoms with van der Waals surface area (Å²) in [5, 5.41) is 12.4. The molecule has 1 aromatic heterocycles. The smallest absolute Gasteiger partial charge is 0.160 e. The molecule has 3 aromatic rings. The van der Waals surface area contributed by atoms with E-state index in [2.05, 4.69) is 10.3 Å². The topological polar surface area (TPSA) is 48.7 Å². The third-order valence-corrected chi connectivity index (χ3v) is 3.16. The molecule has 0 aliphatic heterocycles. The highest BCUT2D eigenvalue weighted by Crippen LogP contribution is 2.30. The number of nitriles is 1. The monoisotopic (exact) mass is 335 g/mol. The van der Waals surface area contributed by atoms with E-state index in [0.717, 1.165) is 12.1 Å². The summed E-state index contributed by atoms with van der Waals surface area (Å²) in [6.07, 6.45) is 1.23. The second-order valence-corrected chi connectivity index (χ2v) is 4.55. The van der Waals surface area contributed by atoms with Gasteiger partial charge < -0.3 is 5.32 Å². The van der Waals surface area contributed by atoms with Gasteiger partial charge in [0.2, 0.25) is 0 Å². The van der Waals surface area contributed by atoms with Crippen molar-refractivity contribution in [2.24, 2.45) is 0 Å². The van der Waals surface area contributed by atoms with Crippen molar-refractivity contribution in [1.82, 2.24) is 4.98 Å². The van der Waals surface area contributed by atoms with Gasteiger partial charge in [-0.05, 0) is 18.2 Å². The van der Waals surface area contributed by atoms with Gasteiger partial charge in [-0.2, -0.15) is 5.26 Å². The Morgan fingerprint density at radius 2 is 1.78 bits per heavy atom. The standard InChI is InChI=1S/C16H8F3N3.ClH/c17-12-5-4-10(6-14(12)19)22-15-9(7-20)8-21-16-11(15)2-1-3-13(16)18;/h1-6,8H,(H,21,22);1H. The molecule has 7 heteroatoms. The lowest BCUT2D eigenvalue weighted by molar-refractivity contribution is 0.509. The molecule has 3 rings (SSSR count). The number of halogens is 4. The van der Waals surface area contributed by atoms with E-state index >= 15 is 0 Å². The molecule has 0 fully saturated rings. The molecular weight excluding hydrogens is 327 g/mol. The summed E-state index contributed by atoms with van der Waals surface area (Å²) in [7, 11) is 0. The third kappa shape index (κ3) is 3.05. The van der Waals surface area contributed by atoms with E-state index in [1.54, 1.807) is 6.07 Å². The normalized spacial score (nSPS) is 10.0. The van der Waals surface area contributed by atoms with Crippen LogP contribution in [0.15, 0.2) is 42.6 Å². The fourth-order valence-corrected chi connectivity index (χ4v) is 2.12. The zero-order valence-electron chi connectivity index (χ0n) is 11.5. The number of pyridine rings is 1. The van der Waals surface area contributed by atoms with Crippen molar-refractivity contribution in [3.05, 3.63) is 65.6 Å². The van der Waals surface area contributed by atoms with E-state index in [9.17, 15) is 13.2 Å². The van der Waals surface area contributed by atoms with Crippen LogP contribution in [0.25, 0.3) is 10.9 Å². The molecule has 0 saturated carbocycles. The summed E-state index contributed by atoms with van der Waals surface area (Å²) in [6.45, 7) is 0. The highest BCUT2D eigenvalue weighted by Gasteiger charge is 2.12. The van der Waals surface area contributed by atoms with Gasteiger partial charge in [-0.1, -0.05) is 12.1 Å². The van der Waals surface area contributed by atoms with Crippen LogP contribution in [-0.2, 0) is 0 Å². The first-order chi connectivity index (χ1) is 10.6. The van der Waals surface area contributed by atoms with Gasteiger partial charge in [-0.25, -0.2) is 13.2 Å². The van der Waals surface area contributed by atoms with Crippen molar-refractivity contribution in [2.45, 2.75) is 0 Å². The molecule has 1 heterocycles. The van der Waals surface area contributed by atoms with Gasteiger partial charge in [-0.3, -0.25) is 4.98 Å². The predicted octanol–water partition coefficient (Wildman–Crippen LogP) is 4.69. The molecule has 0 aliphatic carbocycles. The van der Waals surface area contributed by atoms with Gasteiger partial charge in [-0.15, -0.1) is 12.4 Å². The van der Waals surface area contributed by atoms with Crippen LogP contribution in [0.1, 0.15) is 5.56 Å². The second kappa shape index (κ2) is 6.55. The highest BCUT2D eigenvalue weighted by molar-refractivity contribution is 5.95. The number of hydrogen-bond acceptors (Lipinski definition) is 3. The first-order valence-electron chi connectivity index (χ1n) is 6.29. The lowest BCUT2D eigenvalue weighted by Gasteiger charge is -2.12. The van der Waals surface area contributed by atoms with Crippen LogP contribution in [0.3, 0.4) is 0 Å². The minimum atomic E-state index is -1.02. The largest absolute Gasteiger partial charge is 0.354 e. The first kappa shape index (κ1) is 16.6. The number of nitrogens with zero attached hydrogens (tertiary/aromatic N) is 2. The Labute approximate surface area is 135 Å². The molecule has 2 aromatic carbocycles. The van der Waals surface area contributed by atoms with Crippen molar-refractivity contribution < 1.29 is 13.2 Å². The maximum atomic E-state index is 13.8. The maximum Gasteiger partial charge on any atom is 0.160 e. The summed E-state index contributed by atoms with van der Waals surface area (Å²) in [6, 6.07) is 9.52. The summed E-state index contributed by atoms with van der Waals surface area (Å²) in [5.41, 5.74) is 0.791. The fourth-order valence-electron chi connectivity index (χ4n) is 2.12. The molecule has 0 amide bonds. The molecule has 0 spiro atoms. The summed E-state index contributed by atoms with van der Waals surface area (Å²) >= 11 is 0. The number of aromatic nitrogens is 1. The van der Waals surface area contributed by atoms with Crippen LogP contribution in [-0.4, -0.2) is 4.98 Å². The van der Waals surface area contributed by atoms with E-state index in [1.165, 1.54) is 24.4 Å². The molecule has 3 nitrogen and oxygen atoms in total. The van der Waals surface area contributed by atoms with Crippen molar-refractivity contribution >= 4 is 34.7 Å². The fraction of sp³-hybridized carbons (Fsp3) is 0. The summed E-state index contributed by atoms with van der Waals surface area (Å²) in [4.78, 5) is 3.91. The van der Waals surface area contributed by atoms with Crippen molar-refractivity contribution in [3.63, 3.8) is 0 Å².